The number of benzene rings is 1. The third-order valence-electron chi connectivity index (χ3n) is 8.22. The maximum atomic E-state index is 13.6. The molecule has 2 aliphatic heterocycles. The predicted octanol–water partition coefficient (Wildman–Crippen LogP) is 3.88. The predicted molar refractivity (Wildman–Crippen MR) is 161 cm³/mol. The van der Waals surface area contributed by atoms with Crippen LogP contribution in [0.25, 0.3) is 33.3 Å². The summed E-state index contributed by atoms with van der Waals surface area (Å²) in [4.78, 5) is 46.3. The van der Waals surface area contributed by atoms with Crippen molar-refractivity contribution in [2.75, 3.05) is 31.1 Å². The molecule has 0 unspecified atom stereocenters. The number of carbonyl (C=O) groups is 1. The fourth-order valence-electron chi connectivity index (χ4n) is 6.25. The van der Waals surface area contributed by atoms with Crippen molar-refractivity contribution in [3.63, 3.8) is 0 Å². The van der Waals surface area contributed by atoms with Crippen molar-refractivity contribution in [3.8, 4) is 11.1 Å². The van der Waals surface area contributed by atoms with E-state index in [1.54, 1.807) is 23.8 Å². The van der Waals surface area contributed by atoms with Gasteiger partial charge in [0, 0.05) is 55.7 Å². The summed E-state index contributed by atoms with van der Waals surface area (Å²) in [6.07, 6.45) is 6.33. The lowest BCUT2D eigenvalue weighted by Crippen LogP contribution is -2.60. The van der Waals surface area contributed by atoms with Crippen LogP contribution in [0.4, 0.5) is 5.82 Å². The van der Waals surface area contributed by atoms with Crippen LogP contribution in [0.5, 0.6) is 0 Å². The van der Waals surface area contributed by atoms with Crippen molar-refractivity contribution >= 4 is 57.1 Å². The Morgan fingerprint density at radius 2 is 1.88 bits per heavy atom. The summed E-state index contributed by atoms with van der Waals surface area (Å²) in [6.45, 7) is 3.77. The molecule has 0 radical (unpaired) electrons. The molecule has 1 aromatic carbocycles. The number of amides is 1. The van der Waals surface area contributed by atoms with Gasteiger partial charge in [0.05, 0.1) is 26.5 Å². The van der Waals surface area contributed by atoms with E-state index in [0.717, 1.165) is 16.5 Å². The van der Waals surface area contributed by atoms with Gasteiger partial charge in [0.2, 0.25) is 5.91 Å². The van der Waals surface area contributed by atoms with E-state index < -0.39 is 5.60 Å². The van der Waals surface area contributed by atoms with Crippen molar-refractivity contribution in [1.29, 1.82) is 0 Å². The van der Waals surface area contributed by atoms with Gasteiger partial charge in [0.25, 0.3) is 0 Å². The van der Waals surface area contributed by atoms with Crippen LogP contribution < -0.4 is 10.6 Å². The number of pyridine rings is 1. The van der Waals surface area contributed by atoms with E-state index >= 15 is 0 Å². The first-order valence-electron chi connectivity index (χ1n) is 13.8. The zero-order valence-electron chi connectivity index (χ0n) is 22.8. The number of β-amino-alcohol motifs (C(OH)–C–C–N with tert-alkyl or cyclic N) is 1. The first-order chi connectivity index (χ1) is 20.2. The van der Waals surface area contributed by atoms with E-state index in [9.17, 15) is 14.7 Å². The number of likely N-dealkylation sites (tertiary alicyclic amines) is 1. The molecule has 0 saturated carbocycles. The van der Waals surface area contributed by atoms with E-state index in [0.29, 0.717) is 71.7 Å². The molecule has 2 fully saturated rings. The number of fused-ring (bicyclic) bond motifs is 2. The summed E-state index contributed by atoms with van der Waals surface area (Å²) in [7, 11) is 0. The molecule has 216 valence electrons. The van der Waals surface area contributed by atoms with Crippen molar-refractivity contribution in [2.45, 2.75) is 38.0 Å². The van der Waals surface area contributed by atoms with E-state index in [1.807, 2.05) is 44.8 Å². The normalized spacial score (nSPS) is 17.2. The molecule has 4 aromatic heterocycles. The number of aromatic amines is 1. The first kappa shape index (κ1) is 26.9. The van der Waals surface area contributed by atoms with Gasteiger partial charge in [-0.3, -0.25) is 14.3 Å². The molecule has 1 amide bonds. The number of carbonyl (C=O) groups excluding carboxylic acids is 1. The number of anilines is 1. The van der Waals surface area contributed by atoms with Crippen LogP contribution in [0.1, 0.15) is 25.8 Å². The van der Waals surface area contributed by atoms with Gasteiger partial charge in [-0.1, -0.05) is 35.3 Å². The molecule has 2 aliphatic rings. The molecule has 2 N–H and O–H groups in total. The summed E-state index contributed by atoms with van der Waals surface area (Å²) in [5, 5.41) is 12.0. The van der Waals surface area contributed by atoms with Crippen LogP contribution in [0.15, 0.2) is 53.8 Å². The molecular weight excluding hydrogens is 579 g/mol. The van der Waals surface area contributed by atoms with Crippen molar-refractivity contribution < 1.29 is 9.90 Å². The Morgan fingerprint density at radius 3 is 2.64 bits per heavy atom. The monoisotopic (exact) mass is 606 g/mol. The zero-order valence-corrected chi connectivity index (χ0v) is 24.3. The zero-order chi connectivity index (χ0) is 29.2. The average Bonchev–Trinajstić information content (AvgIpc) is 3.50. The summed E-state index contributed by atoms with van der Waals surface area (Å²) < 4.78 is 3.59. The molecule has 5 aromatic rings. The minimum Gasteiger partial charge on any atom is -0.386 e. The lowest BCUT2D eigenvalue weighted by atomic mass is 9.96. The number of hydrogen-bond donors (Lipinski definition) is 2. The van der Waals surface area contributed by atoms with Gasteiger partial charge in [-0.15, -0.1) is 0 Å². The van der Waals surface area contributed by atoms with Crippen LogP contribution >= 0.6 is 23.2 Å². The van der Waals surface area contributed by atoms with Crippen molar-refractivity contribution in [1.82, 2.24) is 34.0 Å². The van der Waals surface area contributed by atoms with Gasteiger partial charge in [-0.2, -0.15) is 0 Å². The number of H-pyrrole nitrogens is 1. The van der Waals surface area contributed by atoms with Gasteiger partial charge in [-0.05, 0) is 38.0 Å². The van der Waals surface area contributed by atoms with E-state index in [-0.39, 0.29) is 24.2 Å². The van der Waals surface area contributed by atoms with E-state index in [1.165, 1.54) is 6.33 Å². The molecular formula is C29H28Cl2N8O3. The Bertz CT molecular complexity index is 1900. The Morgan fingerprint density at radius 1 is 1.10 bits per heavy atom. The second-order valence-corrected chi connectivity index (χ2v) is 12.1. The highest BCUT2D eigenvalue weighted by Gasteiger charge is 2.39. The van der Waals surface area contributed by atoms with Crippen LogP contribution in [-0.2, 0) is 11.3 Å². The van der Waals surface area contributed by atoms with Crippen LogP contribution in [0.2, 0.25) is 10.0 Å². The number of piperidine rings is 1. The highest BCUT2D eigenvalue weighted by Crippen LogP contribution is 2.42. The van der Waals surface area contributed by atoms with Crippen LogP contribution in [-0.4, -0.2) is 76.8 Å². The van der Waals surface area contributed by atoms with Crippen LogP contribution in [0.3, 0.4) is 0 Å². The van der Waals surface area contributed by atoms with Crippen molar-refractivity contribution in [2.24, 2.45) is 0 Å². The Hall–Kier alpha value is -3.93. The standard InChI is InChI=1S/C29H28Cl2N8O3/c1-29(42)14-38(15-29)27-23-19(18-4-2-5-20(30)24(18)31)12-37(26(23)33-16-34-27)13-22(40)36-10-7-17(8-11-36)39-21-6-3-9-32-25(21)35-28(39)41/h2-6,9,12,16-17,42H,7-8,10-11,13-15H2,1H3,(H,32,35,41). The van der Waals surface area contributed by atoms with Gasteiger partial charge < -0.3 is 19.5 Å². The molecule has 13 heteroatoms. The summed E-state index contributed by atoms with van der Waals surface area (Å²) in [6, 6.07) is 9.12. The number of aliphatic hydroxyl groups is 1. The highest BCUT2D eigenvalue weighted by atomic mass is 35.5. The van der Waals surface area contributed by atoms with Gasteiger partial charge in [-0.25, -0.2) is 19.7 Å². The number of rotatable bonds is 5. The fraction of sp³-hybridized carbons (Fsp3) is 0.345. The third kappa shape index (κ3) is 4.52. The molecule has 0 spiro atoms. The number of imidazole rings is 1. The fourth-order valence-corrected chi connectivity index (χ4v) is 6.65. The van der Waals surface area contributed by atoms with E-state index in [2.05, 4.69) is 19.9 Å². The number of aromatic nitrogens is 6. The molecule has 7 rings (SSSR count). The Labute approximate surface area is 250 Å². The molecule has 42 heavy (non-hydrogen) atoms. The Kier molecular flexibility index (Phi) is 6.48. The minimum absolute atomic E-state index is 0.0208. The molecule has 6 heterocycles. The summed E-state index contributed by atoms with van der Waals surface area (Å²) in [5.74, 6) is 0.623. The van der Waals surface area contributed by atoms with Crippen molar-refractivity contribution in [3.05, 3.63) is 69.6 Å². The first-order valence-corrected chi connectivity index (χ1v) is 14.5. The molecule has 2 saturated heterocycles. The number of halogens is 2. The quantitative estimate of drug-likeness (QED) is 0.311. The largest absolute Gasteiger partial charge is 0.386 e. The maximum Gasteiger partial charge on any atom is 0.327 e. The number of nitrogens with zero attached hydrogens (tertiary/aromatic N) is 7. The molecule has 11 nitrogen and oxygen atoms in total. The number of nitrogens with one attached hydrogen (secondary N) is 1. The Balaban J connectivity index is 1.18. The second kappa shape index (κ2) is 10.1. The van der Waals surface area contributed by atoms with Crippen LogP contribution in [0, 0.1) is 0 Å². The topological polar surface area (TPSA) is 125 Å². The smallest absolute Gasteiger partial charge is 0.327 e. The lowest BCUT2D eigenvalue weighted by molar-refractivity contribution is -0.133. The lowest BCUT2D eigenvalue weighted by Gasteiger charge is -2.45. The molecule has 0 aliphatic carbocycles. The van der Waals surface area contributed by atoms with Gasteiger partial charge in [0.1, 0.15) is 24.3 Å². The van der Waals surface area contributed by atoms with E-state index in [4.69, 9.17) is 23.2 Å². The minimum atomic E-state index is -0.801. The average molecular weight is 608 g/mol. The highest BCUT2D eigenvalue weighted by molar-refractivity contribution is 6.44. The van der Waals surface area contributed by atoms with Gasteiger partial charge in [0.15, 0.2) is 5.65 Å². The number of hydrogen-bond acceptors (Lipinski definition) is 7. The van der Waals surface area contributed by atoms with Gasteiger partial charge >= 0.3 is 5.69 Å². The molecule has 0 atom stereocenters. The second-order valence-electron chi connectivity index (χ2n) is 11.3. The molecule has 0 bridgehead atoms. The maximum absolute atomic E-state index is 13.6. The SMILES string of the molecule is CC1(O)CN(c2ncnc3c2c(-c2cccc(Cl)c2Cl)cn3CC(=O)N2CCC(n3c(=O)[nH]c4ncccc43)CC2)C1. The third-order valence-corrected chi connectivity index (χ3v) is 9.03. The summed E-state index contributed by atoms with van der Waals surface area (Å²) >= 11 is 13.0. The summed E-state index contributed by atoms with van der Waals surface area (Å²) in [5.41, 5.74) is 2.43.